The van der Waals surface area contributed by atoms with E-state index in [2.05, 4.69) is 54.7 Å². The van der Waals surface area contributed by atoms with Crippen LogP contribution in [0.15, 0.2) is 42.5 Å². The molecule has 1 heteroatoms. The van der Waals surface area contributed by atoms with Crippen LogP contribution in [0.4, 0.5) is 5.69 Å². The summed E-state index contributed by atoms with van der Waals surface area (Å²) >= 11 is 0. The van der Waals surface area contributed by atoms with Crippen molar-refractivity contribution in [2.24, 2.45) is 23.2 Å². The van der Waals surface area contributed by atoms with Crippen LogP contribution in [0, 0.1) is 23.2 Å². The third-order valence-electron chi connectivity index (χ3n) is 7.07. The zero-order valence-electron chi connectivity index (χ0n) is 14.8. The fourth-order valence-corrected chi connectivity index (χ4v) is 6.80. The van der Waals surface area contributed by atoms with Gasteiger partial charge in [-0.1, -0.05) is 30.3 Å². The van der Waals surface area contributed by atoms with Crippen molar-refractivity contribution in [2.45, 2.75) is 57.9 Å². The Morgan fingerprint density at radius 1 is 0.917 bits per heavy atom. The second-order valence-corrected chi connectivity index (χ2v) is 9.23. The smallest absolute Gasteiger partial charge is 0.0348 e. The molecule has 1 unspecified atom stereocenters. The molecule has 1 N–H and O–H groups in total. The fraction of sp³-hybridized carbons (Fsp3) is 0.565. The van der Waals surface area contributed by atoms with Gasteiger partial charge in [0.15, 0.2) is 0 Å². The van der Waals surface area contributed by atoms with Crippen molar-refractivity contribution < 1.29 is 0 Å². The van der Waals surface area contributed by atoms with Gasteiger partial charge >= 0.3 is 0 Å². The van der Waals surface area contributed by atoms with Crippen LogP contribution in [0.25, 0.3) is 10.8 Å². The van der Waals surface area contributed by atoms with Gasteiger partial charge < -0.3 is 5.32 Å². The molecule has 4 fully saturated rings. The van der Waals surface area contributed by atoms with Crippen LogP contribution in [0.2, 0.25) is 0 Å². The monoisotopic (exact) mass is 319 g/mol. The lowest BCUT2D eigenvalue weighted by Crippen LogP contribution is -2.47. The van der Waals surface area contributed by atoms with E-state index >= 15 is 0 Å². The maximum atomic E-state index is 3.81. The maximum absolute atomic E-state index is 3.81. The van der Waals surface area contributed by atoms with Gasteiger partial charge in [0.1, 0.15) is 0 Å². The lowest BCUT2D eigenvalue weighted by Gasteiger charge is -2.57. The van der Waals surface area contributed by atoms with Crippen LogP contribution in [0.3, 0.4) is 0 Å². The summed E-state index contributed by atoms with van der Waals surface area (Å²) in [6.45, 7) is 2.40. The standard InChI is InChI=1S/C23H29N/c1-16(24-22-7-6-20-4-2-3-5-21(20)11-22)12-23-13-17-8-18(14-23)10-19(9-17)15-23/h2-7,11,16-19,24H,8-10,12-15H2,1H3. The lowest BCUT2D eigenvalue weighted by molar-refractivity contribution is -0.0587. The highest BCUT2D eigenvalue weighted by molar-refractivity contribution is 5.85. The van der Waals surface area contributed by atoms with E-state index in [1.807, 2.05) is 0 Å². The molecule has 0 aliphatic heterocycles. The molecule has 4 saturated carbocycles. The number of benzene rings is 2. The van der Waals surface area contributed by atoms with Crippen LogP contribution in [-0.4, -0.2) is 6.04 Å². The van der Waals surface area contributed by atoms with Gasteiger partial charge in [0.2, 0.25) is 0 Å². The van der Waals surface area contributed by atoms with Gasteiger partial charge in [-0.3, -0.25) is 0 Å². The number of anilines is 1. The van der Waals surface area contributed by atoms with E-state index in [0.717, 1.165) is 17.8 Å². The Kier molecular flexibility index (Phi) is 3.40. The molecule has 4 aliphatic carbocycles. The predicted molar refractivity (Wildman–Crippen MR) is 102 cm³/mol. The summed E-state index contributed by atoms with van der Waals surface area (Å²) < 4.78 is 0. The van der Waals surface area contributed by atoms with E-state index in [0.29, 0.717) is 11.5 Å². The third-order valence-corrected chi connectivity index (χ3v) is 7.07. The summed E-state index contributed by atoms with van der Waals surface area (Å²) in [5, 5.41) is 6.48. The molecule has 1 atom stereocenters. The molecule has 0 saturated heterocycles. The van der Waals surface area contributed by atoms with E-state index in [-0.39, 0.29) is 0 Å². The van der Waals surface area contributed by atoms with Gasteiger partial charge in [0.25, 0.3) is 0 Å². The Hall–Kier alpha value is -1.50. The van der Waals surface area contributed by atoms with Gasteiger partial charge in [-0.25, -0.2) is 0 Å². The maximum Gasteiger partial charge on any atom is 0.0348 e. The molecule has 6 rings (SSSR count). The SMILES string of the molecule is CC(CC12CC3CC(CC(C3)C1)C2)Nc1ccc2ccccc2c1. The summed E-state index contributed by atoms with van der Waals surface area (Å²) in [5.74, 6) is 3.18. The molecule has 4 bridgehead atoms. The Morgan fingerprint density at radius 2 is 1.54 bits per heavy atom. The first-order chi connectivity index (χ1) is 11.7. The molecular formula is C23H29N. The Morgan fingerprint density at radius 3 is 2.21 bits per heavy atom. The predicted octanol–water partition coefficient (Wildman–Crippen LogP) is 6.25. The molecule has 4 aliphatic rings. The summed E-state index contributed by atoms with van der Waals surface area (Å²) in [4.78, 5) is 0. The first-order valence-corrected chi connectivity index (χ1v) is 9.93. The van der Waals surface area contributed by atoms with Crippen molar-refractivity contribution in [3.05, 3.63) is 42.5 Å². The zero-order valence-corrected chi connectivity index (χ0v) is 14.8. The normalized spacial score (nSPS) is 35.3. The van der Waals surface area contributed by atoms with Crippen LogP contribution in [0.5, 0.6) is 0 Å². The third kappa shape index (κ3) is 2.62. The van der Waals surface area contributed by atoms with E-state index in [1.165, 1.54) is 42.1 Å². The van der Waals surface area contributed by atoms with E-state index < -0.39 is 0 Å². The number of fused-ring (bicyclic) bond motifs is 1. The minimum absolute atomic E-state index is 0.572. The van der Waals surface area contributed by atoms with Gasteiger partial charge in [-0.15, -0.1) is 0 Å². The first-order valence-electron chi connectivity index (χ1n) is 9.93. The van der Waals surface area contributed by atoms with Crippen molar-refractivity contribution in [3.63, 3.8) is 0 Å². The number of hydrogen-bond acceptors (Lipinski definition) is 1. The first kappa shape index (κ1) is 14.8. The topological polar surface area (TPSA) is 12.0 Å². The average Bonchev–Trinajstić information content (AvgIpc) is 2.52. The molecule has 2 aromatic carbocycles. The Balaban J connectivity index is 1.31. The fourth-order valence-electron chi connectivity index (χ4n) is 6.80. The molecule has 2 aromatic rings. The summed E-state index contributed by atoms with van der Waals surface area (Å²) in [7, 11) is 0. The van der Waals surface area contributed by atoms with Crippen molar-refractivity contribution in [1.82, 2.24) is 0 Å². The highest BCUT2D eigenvalue weighted by Crippen LogP contribution is 2.61. The van der Waals surface area contributed by atoms with Crippen molar-refractivity contribution >= 4 is 16.5 Å². The highest BCUT2D eigenvalue weighted by atomic mass is 14.9. The van der Waals surface area contributed by atoms with Crippen molar-refractivity contribution in [1.29, 1.82) is 0 Å². The summed E-state index contributed by atoms with van der Waals surface area (Å²) in [6.07, 6.45) is 10.6. The zero-order chi connectivity index (χ0) is 16.1. The molecule has 0 amide bonds. The summed E-state index contributed by atoms with van der Waals surface area (Å²) in [5.41, 5.74) is 1.95. The molecule has 0 spiro atoms. The van der Waals surface area contributed by atoms with E-state index in [4.69, 9.17) is 0 Å². The summed E-state index contributed by atoms with van der Waals surface area (Å²) in [6, 6.07) is 16.0. The molecule has 0 aromatic heterocycles. The second kappa shape index (κ2) is 5.51. The van der Waals surface area contributed by atoms with Crippen molar-refractivity contribution in [3.8, 4) is 0 Å². The second-order valence-electron chi connectivity index (χ2n) is 9.23. The molecule has 0 heterocycles. The van der Waals surface area contributed by atoms with Crippen LogP contribution < -0.4 is 5.32 Å². The lowest BCUT2D eigenvalue weighted by atomic mass is 9.48. The Bertz CT molecular complexity index is 711. The number of hydrogen-bond donors (Lipinski definition) is 1. The van der Waals surface area contributed by atoms with Gasteiger partial charge in [0, 0.05) is 11.7 Å². The molecule has 24 heavy (non-hydrogen) atoms. The number of rotatable bonds is 4. The minimum atomic E-state index is 0.572. The number of nitrogens with one attached hydrogen (secondary N) is 1. The van der Waals surface area contributed by atoms with Crippen LogP contribution in [-0.2, 0) is 0 Å². The van der Waals surface area contributed by atoms with Crippen LogP contribution in [0.1, 0.15) is 51.9 Å². The molecule has 126 valence electrons. The Labute approximate surface area is 145 Å². The van der Waals surface area contributed by atoms with Gasteiger partial charge in [0.05, 0.1) is 0 Å². The van der Waals surface area contributed by atoms with Crippen molar-refractivity contribution in [2.75, 3.05) is 5.32 Å². The van der Waals surface area contributed by atoms with Crippen LogP contribution >= 0.6 is 0 Å². The van der Waals surface area contributed by atoms with Gasteiger partial charge in [-0.05, 0) is 97.9 Å². The molecular weight excluding hydrogens is 290 g/mol. The van der Waals surface area contributed by atoms with Gasteiger partial charge in [-0.2, -0.15) is 0 Å². The average molecular weight is 319 g/mol. The molecule has 1 nitrogen and oxygen atoms in total. The minimum Gasteiger partial charge on any atom is -0.383 e. The highest BCUT2D eigenvalue weighted by Gasteiger charge is 2.50. The largest absolute Gasteiger partial charge is 0.383 e. The quantitative estimate of drug-likeness (QED) is 0.702. The van der Waals surface area contributed by atoms with E-state index in [1.54, 1.807) is 19.3 Å². The molecule has 0 radical (unpaired) electrons. The van der Waals surface area contributed by atoms with E-state index in [9.17, 15) is 0 Å².